The topological polar surface area (TPSA) is 59.4 Å². The van der Waals surface area contributed by atoms with E-state index in [4.69, 9.17) is 4.98 Å². The molecule has 6 rings (SSSR count). The zero-order chi connectivity index (χ0) is 22.4. The molecular formula is C28H25N5. The maximum absolute atomic E-state index is 9.28. The van der Waals surface area contributed by atoms with Gasteiger partial charge in [-0.2, -0.15) is 10.4 Å². The largest absolute Gasteiger partial charge is 0.343 e. The Morgan fingerprint density at radius 1 is 0.970 bits per heavy atom. The molecule has 1 aliphatic rings. The summed E-state index contributed by atoms with van der Waals surface area (Å²) in [5.74, 6) is 0. The fourth-order valence-electron chi connectivity index (χ4n) is 5.32. The second-order valence-electron chi connectivity index (χ2n) is 9.06. The van der Waals surface area contributed by atoms with E-state index in [0.29, 0.717) is 11.6 Å². The molecule has 0 N–H and O–H groups in total. The Labute approximate surface area is 192 Å². The summed E-state index contributed by atoms with van der Waals surface area (Å²) < 4.78 is 4.28. The molecule has 0 amide bonds. The third-order valence-electron chi connectivity index (χ3n) is 6.94. The Kier molecular flexibility index (Phi) is 4.73. The van der Waals surface area contributed by atoms with E-state index in [-0.39, 0.29) is 0 Å². The zero-order valence-corrected chi connectivity index (χ0v) is 18.7. The summed E-state index contributed by atoms with van der Waals surface area (Å²) in [5.41, 5.74) is 7.06. The lowest BCUT2D eigenvalue weighted by Gasteiger charge is -2.24. The SMILES string of the molecule is Cn1cc2cc(-c3ncc4c(ccn4C4CCCCC4)c3-c3ccc(C#N)cc3)ccc2n1. The van der Waals surface area contributed by atoms with Gasteiger partial charge >= 0.3 is 0 Å². The summed E-state index contributed by atoms with van der Waals surface area (Å²) in [6.07, 6.45) is 12.7. The van der Waals surface area contributed by atoms with Crippen molar-refractivity contribution in [1.82, 2.24) is 19.3 Å². The second kappa shape index (κ2) is 7.90. The maximum Gasteiger partial charge on any atom is 0.0991 e. The minimum Gasteiger partial charge on any atom is -0.343 e. The van der Waals surface area contributed by atoms with Gasteiger partial charge in [-0.3, -0.25) is 9.67 Å². The highest BCUT2D eigenvalue weighted by Gasteiger charge is 2.21. The summed E-state index contributed by atoms with van der Waals surface area (Å²) in [4.78, 5) is 5.02. The molecule has 0 spiro atoms. The highest BCUT2D eigenvalue weighted by Crippen LogP contribution is 2.40. The number of rotatable bonds is 3. The average molecular weight is 432 g/mol. The molecule has 33 heavy (non-hydrogen) atoms. The molecule has 0 bridgehead atoms. The maximum atomic E-state index is 9.28. The molecule has 5 heteroatoms. The predicted molar refractivity (Wildman–Crippen MR) is 132 cm³/mol. The minimum absolute atomic E-state index is 0.546. The number of hydrogen-bond acceptors (Lipinski definition) is 3. The van der Waals surface area contributed by atoms with Crippen molar-refractivity contribution in [1.29, 1.82) is 5.26 Å². The third kappa shape index (κ3) is 3.39. The molecule has 5 nitrogen and oxygen atoms in total. The van der Waals surface area contributed by atoms with Crippen LogP contribution in [0.4, 0.5) is 0 Å². The zero-order valence-electron chi connectivity index (χ0n) is 18.7. The molecule has 1 fully saturated rings. The van der Waals surface area contributed by atoms with Gasteiger partial charge in [-0.05, 0) is 48.7 Å². The van der Waals surface area contributed by atoms with E-state index >= 15 is 0 Å². The Hall–Kier alpha value is -3.91. The summed E-state index contributed by atoms with van der Waals surface area (Å²) in [6.45, 7) is 0. The lowest BCUT2D eigenvalue weighted by atomic mass is 9.94. The van der Waals surface area contributed by atoms with Crippen molar-refractivity contribution in [3.8, 4) is 28.5 Å². The molecule has 5 aromatic rings. The lowest BCUT2D eigenvalue weighted by molar-refractivity contribution is 0.361. The van der Waals surface area contributed by atoms with Crippen molar-refractivity contribution in [2.45, 2.75) is 38.1 Å². The predicted octanol–water partition coefficient (Wildman–Crippen LogP) is 6.63. The Bertz CT molecular complexity index is 1510. The van der Waals surface area contributed by atoms with Crippen LogP contribution in [0.1, 0.15) is 43.7 Å². The molecular weight excluding hydrogens is 406 g/mol. The van der Waals surface area contributed by atoms with Crippen molar-refractivity contribution in [3.63, 3.8) is 0 Å². The Balaban J connectivity index is 1.58. The molecule has 162 valence electrons. The van der Waals surface area contributed by atoms with E-state index in [2.05, 4.69) is 46.2 Å². The van der Waals surface area contributed by atoms with Crippen LogP contribution in [0.3, 0.4) is 0 Å². The Morgan fingerprint density at radius 3 is 2.55 bits per heavy atom. The summed E-state index contributed by atoms with van der Waals surface area (Å²) >= 11 is 0. The molecule has 0 atom stereocenters. The lowest BCUT2D eigenvalue weighted by Crippen LogP contribution is -2.11. The van der Waals surface area contributed by atoms with Gasteiger partial charge in [-0.25, -0.2) is 0 Å². The van der Waals surface area contributed by atoms with Gasteiger partial charge in [0.15, 0.2) is 0 Å². The standard InChI is InChI=1S/C28H25N5/c1-32-18-22-15-21(11-12-25(22)31-32)28-27(20-9-7-19(16-29)8-10-20)24-13-14-33(26(24)17-30-28)23-5-3-2-4-6-23/h7-15,17-18,23H,2-6H2,1H3. The number of nitriles is 1. The fourth-order valence-corrected chi connectivity index (χ4v) is 5.32. The summed E-state index contributed by atoms with van der Waals surface area (Å²) in [7, 11) is 1.94. The molecule has 0 radical (unpaired) electrons. The number of hydrogen-bond donors (Lipinski definition) is 0. The van der Waals surface area contributed by atoms with E-state index in [0.717, 1.165) is 33.3 Å². The van der Waals surface area contributed by atoms with Crippen LogP contribution in [-0.4, -0.2) is 19.3 Å². The average Bonchev–Trinajstić information content (AvgIpc) is 3.46. The number of nitrogens with zero attached hydrogens (tertiary/aromatic N) is 5. The van der Waals surface area contributed by atoms with Crippen molar-refractivity contribution in [2.24, 2.45) is 7.05 Å². The smallest absolute Gasteiger partial charge is 0.0991 e. The second-order valence-corrected chi connectivity index (χ2v) is 9.06. The quantitative estimate of drug-likeness (QED) is 0.322. The van der Waals surface area contributed by atoms with Crippen LogP contribution in [0.15, 0.2) is 67.1 Å². The first-order chi connectivity index (χ1) is 16.2. The van der Waals surface area contributed by atoms with E-state index in [9.17, 15) is 5.26 Å². The van der Waals surface area contributed by atoms with Crippen molar-refractivity contribution < 1.29 is 0 Å². The first-order valence-electron chi connectivity index (χ1n) is 11.6. The van der Waals surface area contributed by atoms with Crippen molar-refractivity contribution >= 4 is 21.8 Å². The number of fused-ring (bicyclic) bond motifs is 2. The van der Waals surface area contributed by atoms with Crippen LogP contribution < -0.4 is 0 Å². The molecule has 0 unspecified atom stereocenters. The molecule has 1 saturated carbocycles. The van der Waals surface area contributed by atoms with E-state index < -0.39 is 0 Å². The molecule has 2 aromatic carbocycles. The third-order valence-corrected chi connectivity index (χ3v) is 6.94. The van der Waals surface area contributed by atoms with Gasteiger partial charge in [0.05, 0.1) is 34.6 Å². The minimum atomic E-state index is 0.546. The van der Waals surface area contributed by atoms with Gasteiger partial charge in [-0.1, -0.05) is 37.5 Å². The van der Waals surface area contributed by atoms with Crippen LogP contribution in [0.25, 0.3) is 44.2 Å². The van der Waals surface area contributed by atoms with Crippen molar-refractivity contribution in [3.05, 3.63) is 72.7 Å². The molecule has 3 heterocycles. The van der Waals surface area contributed by atoms with Gasteiger partial charge in [-0.15, -0.1) is 0 Å². The monoisotopic (exact) mass is 431 g/mol. The van der Waals surface area contributed by atoms with Crippen LogP contribution in [0.5, 0.6) is 0 Å². The van der Waals surface area contributed by atoms with Gasteiger partial charge in [0, 0.05) is 47.4 Å². The van der Waals surface area contributed by atoms with Crippen molar-refractivity contribution in [2.75, 3.05) is 0 Å². The normalized spacial score (nSPS) is 14.7. The summed E-state index contributed by atoms with van der Waals surface area (Å²) in [6, 6.07) is 19.2. The Morgan fingerprint density at radius 2 is 1.76 bits per heavy atom. The van der Waals surface area contributed by atoms with Crippen LogP contribution >= 0.6 is 0 Å². The van der Waals surface area contributed by atoms with Gasteiger partial charge in [0.2, 0.25) is 0 Å². The molecule has 1 aliphatic carbocycles. The highest BCUT2D eigenvalue weighted by atomic mass is 15.2. The van der Waals surface area contributed by atoms with E-state index in [1.54, 1.807) is 0 Å². The highest BCUT2D eigenvalue weighted by molar-refractivity contribution is 6.02. The first-order valence-corrected chi connectivity index (χ1v) is 11.6. The number of aromatic nitrogens is 4. The van der Waals surface area contributed by atoms with Crippen LogP contribution in [0.2, 0.25) is 0 Å². The number of aryl methyl sites for hydroxylation is 1. The first kappa shape index (κ1) is 19.8. The molecule has 0 saturated heterocycles. The molecule has 3 aromatic heterocycles. The van der Waals surface area contributed by atoms with Gasteiger partial charge in [0.25, 0.3) is 0 Å². The van der Waals surface area contributed by atoms with E-state index in [1.165, 1.54) is 43.0 Å². The van der Waals surface area contributed by atoms with Gasteiger partial charge in [0.1, 0.15) is 0 Å². The fraction of sp³-hybridized carbons (Fsp3) is 0.250. The molecule has 0 aliphatic heterocycles. The summed E-state index contributed by atoms with van der Waals surface area (Å²) in [5, 5.41) is 16.1. The van der Waals surface area contributed by atoms with E-state index in [1.807, 2.05) is 48.4 Å². The number of pyridine rings is 1. The van der Waals surface area contributed by atoms with Crippen LogP contribution in [-0.2, 0) is 7.05 Å². The van der Waals surface area contributed by atoms with Gasteiger partial charge < -0.3 is 4.57 Å². The van der Waals surface area contributed by atoms with Crippen LogP contribution in [0, 0.1) is 11.3 Å². The number of benzene rings is 2.